The number of aliphatic hydroxyl groups excluding tert-OH is 1. The first-order valence-electron chi connectivity index (χ1n) is 7.97. The number of hydrogen-bond donors (Lipinski definition) is 2. The van der Waals surface area contributed by atoms with Crippen molar-refractivity contribution in [2.75, 3.05) is 26.4 Å². The maximum atomic E-state index is 9.08. The van der Waals surface area contributed by atoms with Gasteiger partial charge in [0.15, 0.2) is 11.5 Å². The molecule has 122 valence electrons. The highest BCUT2D eigenvalue weighted by atomic mass is 16.5. The lowest BCUT2D eigenvalue weighted by molar-refractivity contribution is 0.280. The molecule has 0 unspecified atom stereocenters. The number of rotatable bonds is 9. The second-order valence-electron chi connectivity index (χ2n) is 5.15. The van der Waals surface area contributed by atoms with Gasteiger partial charge in [-0.05, 0) is 44.9 Å². The van der Waals surface area contributed by atoms with Crippen molar-refractivity contribution in [1.82, 2.24) is 4.57 Å². The number of ether oxygens (including phenoxy) is 2. The molecule has 22 heavy (non-hydrogen) atoms. The first-order valence-corrected chi connectivity index (χ1v) is 7.97. The fourth-order valence-corrected chi connectivity index (χ4v) is 2.69. The van der Waals surface area contributed by atoms with E-state index in [1.165, 1.54) is 5.56 Å². The predicted octanol–water partition coefficient (Wildman–Crippen LogP) is 2.32. The van der Waals surface area contributed by atoms with Gasteiger partial charge in [0.1, 0.15) is 0 Å². The Bertz CT molecular complexity index is 607. The normalized spacial score (nSPS) is 11.1. The molecule has 0 spiro atoms. The van der Waals surface area contributed by atoms with Crippen molar-refractivity contribution in [3.8, 4) is 11.5 Å². The van der Waals surface area contributed by atoms with Gasteiger partial charge in [-0.15, -0.1) is 0 Å². The van der Waals surface area contributed by atoms with Crippen molar-refractivity contribution < 1.29 is 14.6 Å². The van der Waals surface area contributed by atoms with Crippen molar-refractivity contribution in [1.29, 1.82) is 0 Å². The van der Waals surface area contributed by atoms with Crippen molar-refractivity contribution in [2.45, 2.75) is 33.2 Å². The van der Waals surface area contributed by atoms with Crippen LogP contribution in [0.1, 0.15) is 25.8 Å². The lowest BCUT2D eigenvalue weighted by Gasteiger charge is -2.12. The summed E-state index contributed by atoms with van der Waals surface area (Å²) >= 11 is 0. The third kappa shape index (κ3) is 3.54. The second-order valence-corrected chi connectivity index (χ2v) is 5.15. The van der Waals surface area contributed by atoms with E-state index >= 15 is 0 Å². The van der Waals surface area contributed by atoms with Gasteiger partial charge in [-0.3, -0.25) is 0 Å². The topological polar surface area (TPSA) is 69.6 Å². The van der Waals surface area contributed by atoms with Crippen LogP contribution in [0.2, 0.25) is 0 Å². The average Bonchev–Trinajstić information content (AvgIpc) is 2.84. The van der Waals surface area contributed by atoms with Gasteiger partial charge in [0.25, 0.3) is 0 Å². The van der Waals surface area contributed by atoms with E-state index in [2.05, 4.69) is 10.8 Å². The summed E-state index contributed by atoms with van der Waals surface area (Å²) in [4.78, 5) is 0. The number of fused-ring (bicyclic) bond motifs is 1. The Morgan fingerprint density at radius 3 is 2.41 bits per heavy atom. The summed E-state index contributed by atoms with van der Waals surface area (Å²) in [5, 5.41) is 10.2. The molecule has 0 aliphatic heterocycles. The van der Waals surface area contributed by atoms with Crippen LogP contribution in [-0.4, -0.2) is 36.0 Å². The van der Waals surface area contributed by atoms with E-state index in [1.807, 2.05) is 26.0 Å². The molecule has 1 aromatic heterocycles. The molecule has 2 rings (SSSR count). The molecule has 0 saturated heterocycles. The summed E-state index contributed by atoms with van der Waals surface area (Å²) in [7, 11) is 0. The molecule has 0 aliphatic carbocycles. The van der Waals surface area contributed by atoms with E-state index in [4.69, 9.17) is 20.3 Å². The molecule has 0 atom stereocenters. The maximum absolute atomic E-state index is 9.08. The fraction of sp³-hybridized carbons (Fsp3) is 0.529. The van der Waals surface area contributed by atoms with E-state index in [0.717, 1.165) is 41.8 Å². The molecule has 5 nitrogen and oxygen atoms in total. The van der Waals surface area contributed by atoms with Crippen LogP contribution in [0, 0.1) is 0 Å². The molecule has 0 bridgehead atoms. The summed E-state index contributed by atoms with van der Waals surface area (Å²) in [6.45, 7) is 6.69. The minimum atomic E-state index is 0.182. The van der Waals surface area contributed by atoms with Crippen LogP contribution < -0.4 is 15.2 Å². The standard InChI is InChI=1S/C17H26N2O3/c1-3-21-16-10-14-13(6-7-18)12-19(8-5-9-20)15(14)11-17(16)22-4-2/h10-12,20H,3-9,18H2,1-2H3. The smallest absolute Gasteiger partial charge is 0.163 e. The number of aliphatic hydroxyl groups is 1. The first kappa shape index (κ1) is 16.6. The number of nitrogens with two attached hydrogens (primary N) is 1. The van der Waals surface area contributed by atoms with E-state index in [0.29, 0.717) is 19.8 Å². The summed E-state index contributed by atoms with van der Waals surface area (Å²) in [5.41, 5.74) is 8.04. The Balaban J connectivity index is 2.53. The Morgan fingerprint density at radius 1 is 1.14 bits per heavy atom. The van der Waals surface area contributed by atoms with Crippen LogP contribution in [0.15, 0.2) is 18.3 Å². The summed E-state index contributed by atoms with van der Waals surface area (Å²) in [5.74, 6) is 1.54. The maximum Gasteiger partial charge on any atom is 0.163 e. The van der Waals surface area contributed by atoms with E-state index in [9.17, 15) is 0 Å². The number of hydrogen-bond acceptors (Lipinski definition) is 4. The van der Waals surface area contributed by atoms with Gasteiger partial charge < -0.3 is 24.9 Å². The van der Waals surface area contributed by atoms with Gasteiger partial charge in [-0.25, -0.2) is 0 Å². The van der Waals surface area contributed by atoms with Crippen LogP contribution >= 0.6 is 0 Å². The number of aryl methyl sites for hydroxylation is 1. The van der Waals surface area contributed by atoms with Crippen LogP contribution in [-0.2, 0) is 13.0 Å². The highest BCUT2D eigenvalue weighted by molar-refractivity contribution is 5.87. The van der Waals surface area contributed by atoms with Gasteiger partial charge in [0.05, 0.1) is 18.7 Å². The Kier molecular flexibility index (Phi) is 6.10. The Morgan fingerprint density at radius 2 is 1.82 bits per heavy atom. The molecule has 1 aromatic carbocycles. The zero-order chi connectivity index (χ0) is 15.9. The summed E-state index contributed by atoms with van der Waals surface area (Å²) in [6.07, 6.45) is 3.67. The summed E-state index contributed by atoms with van der Waals surface area (Å²) in [6, 6.07) is 4.07. The molecular weight excluding hydrogens is 280 g/mol. The first-order chi connectivity index (χ1) is 10.7. The highest BCUT2D eigenvalue weighted by Gasteiger charge is 2.14. The molecule has 1 heterocycles. The van der Waals surface area contributed by atoms with Crippen molar-refractivity contribution >= 4 is 10.9 Å². The molecule has 3 N–H and O–H groups in total. The SMILES string of the molecule is CCOc1cc2c(CCN)cn(CCCO)c2cc1OCC. The van der Waals surface area contributed by atoms with Gasteiger partial charge in [-0.1, -0.05) is 0 Å². The Labute approximate surface area is 131 Å². The minimum Gasteiger partial charge on any atom is -0.490 e. The molecule has 0 saturated carbocycles. The van der Waals surface area contributed by atoms with Gasteiger partial charge in [-0.2, -0.15) is 0 Å². The van der Waals surface area contributed by atoms with Gasteiger partial charge in [0, 0.05) is 30.8 Å². The highest BCUT2D eigenvalue weighted by Crippen LogP contribution is 2.35. The Hall–Kier alpha value is -1.72. The monoisotopic (exact) mass is 306 g/mol. The van der Waals surface area contributed by atoms with E-state index in [-0.39, 0.29) is 6.61 Å². The van der Waals surface area contributed by atoms with E-state index < -0.39 is 0 Å². The molecule has 5 heteroatoms. The quantitative estimate of drug-likeness (QED) is 0.746. The van der Waals surface area contributed by atoms with Crippen LogP contribution in [0.25, 0.3) is 10.9 Å². The molecule has 0 fully saturated rings. The lowest BCUT2D eigenvalue weighted by Crippen LogP contribution is -2.02. The van der Waals surface area contributed by atoms with Gasteiger partial charge in [0.2, 0.25) is 0 Å². The van der Waals surface area contributed by atoms with Crippen molar-refractivity contribution in [3.05, 3.63) is 23.9 Å². The van der Waals surface area contributed by atoms with Crippen LogP contribution in [0.4, 0.5) is 0 Å². The molecule has 2 aromatic rings. The minimum absolute atomic E-state index is 0.182. The number of benzene rings is 1. The summed E-state index contributed by atoms with van der Waals surface area (Å²) < 4.78 is 13.6. The molecule has 0 amide bonds. The lowest BCUT2D eigenvalue weighted by atomic mass is 10.1. The van der Waals surface area contributed by atoms with E-state index in [1.54, 1.807) is 0 Å². The van der Waals surface area contributed by atoms with Crippen molar-refractivity contribution in [3.63, 3.8) is 0 Å². The predicted molar refractivity (Wildman–Crippen MR) is 88.7 cm³/mol. The molecule has 0 aliphatic rings. The van der Waals surface area contributed by atoms with Gasteiger partial charge >= 0.3 is 0 Å². The third-order valence-corrected chi connectivity index (χ3v) is 3.60. The number of nitrogens with zero attached hydrogens (tertiary/aromatic N) is 1. The number of aromatic nitrogens is 1. The van der Waals surface area contributed by atoms with Crippen molar-refractivity contribution in [2.24, 2.45) is 5.73 Å². The zero-order valence-electron chi connectivity index (χ0n) is 13.5. The third-order valence-electron chi connectivity index (χ3n) is 3.60. The molecular formula is C17H26N2O3. The molecule has 0 radical (unpaired) electrons. The van der Waals surface area contributed by atoms with Crippen LogP contribution in [0.5, 0.6) is 11.5 Å². The second kappa shape index (κ2) is 8.06. The van der Waals surface area contributed by atoms with Crippen LogP contribution in [0.3, 0.4) is 0 Å². The largest absolute Gasteiger partial charge is 0.490 e. The zero-order valence-corrected chi connectivity index (χ0v) is 13.5. The fourth-order valence-electron chi connectivity index (χ4n) is 2.69. The average molecular weight is 306 g/mol.